The first-order chi connectivity index (χ1) is 15.0. The van der Waals surface area contributed by atoms with Crippen LogP contribution in [0.2, 0.25) is 0 Å². The smallest absolute Gasteiger partial charge is 0.230 e. The zero-order valence-corrected chi connectivity index (χ0v) is 18.6. The fourth-order valence-corrected chi connectivity index (χ4v) is 3.97. The van der Waals surface area contributed by atoms with Crippen molar-refractivity contribution in [2.24, 2.45) is 14.1 Å². The fraction of sp³-hybridized carbons (Fsp3) is 0.217. The lowest BCUT2D eigenvalue weighted by Gasteiger charge is -2.06. The Morgan fingerprint density at radius 2 is 1.77 bits per heavy atom. The van der Waals surface area contributed by atoms with Gasteiger partial charge in [0.1, 0.15) is 5.69 Å². The van der Waals surface area contributed by atoms with E-state index in [4.69, 9.17) is 0 Å². The van der Waals surface area contributed by atoms with Gasteiger partial charge in [0.05, 0.1) is 11.3 Å². The molecule has 0 bridgehead atoms. The number of rotatable bonds is 7. The number of carbonyl (C=O) groups is 1. The van der Waals surface area contributed by atoms with Gasteiger partial charge >= 0.3 is 0 Å². The average molecular weight is 433 g/mol. The van der Waals surface area contributed by atoms with Gasteiger partial charge < -0.3 is 9.88 Å². The molecule has 0 spiro atoms. The maximum atomic E-state index is 12.2. The van der Waals surface area contributed by atoms with Crippen LogP contribution in [-0.4, -0.2) is 36.2 Å². The number of nitrogens with zero attached hydrogens (tertiary/aromatic N) is 5. The summed E-state index contributed by atoms with van der Waals surface area (Å²) in [7, 11) is 3.80. The van der Waals surface area contributed by atoms with Gasteiger partial charge in [-0.15, -0.1) is 10.2 Å². The highest BCUT2D eigenvalue weighted by Gasteiger charge is 2.19. The Morgan fingerprint density at radius 1 is 1.03 bits per heavy atom. The molecule has 7 nitrogen and oxygen atoms in total. The molecule has 0 aliphatic rings. The largest absolute Gasteiger partial charge is 0.351 e. The number of thioether (sulfide) groups is 1. The lowest BCUT2D eigenvalue weighted by Crippen LogP contribution is -2.24. The van der Waals surface area contributed by atoms with Gasteiger partial charge in [-0.1, -0.05) is 71.9 Å². The van der Waals surface area contributed by atoms with Gasteiger partial charge in [-0.2, -0.15) is 5.10 Å². The maximum Gasteiger partial charge on any atom is 0.230 e. The molecular weight excluding hydrogens is 408 g/mol. The number of benzene rings is 2. The Hall–Kier alpha value is -3.39. The van der Waals surface area contributed by atoms with Gasteiger partial charge in [0.15, 0.2) is 11.0 Å². The monoisotopic (exact) mass is 432 g/mol. The predicted octanol–water partition coefficient (Wildman–Crippen LogP) is 3.60. The molecule has 4 aromatic rings. The third-order valence-electron chi connectivity index (χ3n) is 4.89. The Labute approximate surface area is 185 Å². The van der Waals surface area contributed by atoms with Crippen LogP contribution in [0, 0.1) is 6.92 Å². The number of nitrogens with one attached hydrogen (secondary N) is 1. The summed E-state index contributed by atoms with van der Waals surface area (Å²) in [4.78, 5) is 12.2. The number of hydrogen-bond acceptors (Lipinski definition) is 5. The van der Waals surface area contributed by atoms with Crippen LogP contribution < -0.4 is 5.32 Å². The summed E-state index contributed by atoms with van der Waals surface area (Å²) in [6, 6.07) is 18.1. The molecule has 2 heterocycles. The summed E-state index contributed by atoms with van der Waals surface area (Å²) >= 11 is 1.37. The first-order valence-electron chi connectivity index (χ1n) is 9.95. The first kappa shape index (κ1) is 20.9. The Kier molecular flexibility index (Phi) is 6.18. The molecule has 2 aromatic heterocycles. The van der Waals surface area contributed by atoms with Crippen LogP contribution in [0.3, 0.4) is 0 Å². The molecule has 158 valence electrons. The van der Waals surface area contributed by atoms with Gasteiger partial charge in [-0.25, -0.2) is 0 Å². The summed E-state index contributed by atoms with van der Waals surface area (Å²) < 4.78 is 3.69. The summed E-state index contributed by atoms with van der Waals surface area (Å²) in [5, 5.41) is 16.9. The molecule has 2 aromatic carbocycles. The molecule has 4 rings (SSSR count). The summed E-state index contributed by atoms with van der Waals surface area (Å²) in [6.07, 6.45) is 1.94. The van der Waals surface area contributed by atoms with Crippen LogP contribution in [-0.2, 0) is 25.4 Å². The fourth-order valence-electron chi connectivity index (χ4n) is 3.23. The lowest BCUT2D eigenvalue weighted by atomic mass is 10.1. The van der Waals surface area contributed by atoms with Crippen LogP contribution in [0.1, 0.15) is 11.1 Å². The minimum atomic E-state index is -0.0416. The zero-order chi connectivity index (χ0) is 21.8. The van der Waals surface area contributed by atoms with E-state index in [9.17, 15) is 4.79 Å². The molecule has 8 heteroatoms. The number of aromatic nitrogens is 5. The quantitative estimate of drug-likeness (QED) is 0.452. The van der Waals surface area contributed by atoms with Crippen molar-refractivity contribution in [1.29, 1.82) is 0 Å². The standard InChI is InChI=1S/C23H24N6OS/c1-16-9-11-18(12-10-16)21-19(14-28(2)27-21)22-25-26-23(29(22)3)31-15-20(30)24-13-17-7-5-4-6-8-17/h4-12,14H,13,15H2,1-3H3,(H,24,30). The topological polar surface area (TPSA) is 77.6 Å². The van der Waals surface area contributed by atoms with E-state index in [-0.39, 0.29) is 11.7 Å². The third kappa shape index (κ3) is 4.86. The Balaban J connectivity index is 1.46. The molecule has 0 aliphatic carbocycles. The van der Waals surface area contributed by atoms with E-state index in [1.165, 1.54) is 17.3 Å². The summed E-state index contributed by atoms with van der Waals surface area (Å²) in [5.74, 6) is 0.951. The second-order valence-electron chi connectivity index (χ2n) is 7.35. The molecule has 31 heavy (non-hydrogen) atoms. The molecule has 0 atom stereocenters. The number of amides is 1. The minimum absolute atomic E-state index is 0.0416. The molecular formula is C23H24N6OS. The minimum Gasteiger partial charge on any atom is -0.351 e. The highest BCUT2D eigenvalue weighted by Crippen LogP contribution is 2.31. The van der Waals surface area contributed by atoms with Crippen molar-refractivity contribution in [1.82, 2.24) is 29.9 Å². The van der Waals surface area contributed by atoms with E-state index in [0.29, 0.717) is 11.7 Å². The molecule has 1 amide bonds. The van der Waals surface area contributed by atoms with Crippen LogP contribution in [0.25, 0.3) is 22.6 Å². The van der Waals surface area contributed by atoms with Crippen LogP contribution in [0.15, 0.2) is 66.0 Å². The summed E-state index contributed by atoms with van der Waals surface area (Å²) in [6.45, 7) is 2.57. The van der Waals surface area contributed by atoms with Crippen LogP contribution in [0.4, 0.5) is 0 Å². The van der Waals surface area contributed by atoms with E-state index < -0.39 is 0 Å². The van der Waals surface area contributed by atoms with Crippen molar-refractivity contribution >= 4 is 17.7 Å². The first-order valence-corrected chi connectivity index (χ1v) is 10.9. The SMILES string of the molecule is Cc1ccc(-c2nn(C)cc2-c2nnc(SCC(=O)NCc3ccccc3)n2C)cc1. The normalized spacial score (nSPS) is 10.9. The lowest BCUT2D eigenvalue weighted by molar-refractivity contribution is -0.118. The van der Waals surface area contributed by atoms with Crippen molar-refractivity contribution in [3.63, 3.8) is 0 Å². The molecule has 0 fully saturated rings. The highest BCUT2D eigenvalue weighted by molar-refractivity contribution is 7.99. The van der Waals surface area contributed by atoms with Crippen molar-refractivity contribution in [3.8, 4) is 22.6 Å². The van der Waals surface area contributed by atoms with Gasteiger partial charge in [0, 0.05) is 32.4 Å². The van der Waals surface area contributed by atoms with E-state index in [1.807, 2.05) is 55.2 Å². The Bertz CT molecular complexity index is 1180. The van der Waals surface area contributed by atoms with Crippen molar-refractivity contribution in [3.05, 3.63) is 71.9 Å². The second kappa shape index (κ2) is 9.18. The summed E-state index contributed by atoms with van der Waals surface area (Å²) in [5.41, 5.74) is 5.06. The molecule has 0 saturated heterocycles. The predicted molar refractivity (Wildman–Crippen MR) is 122 cm³/mol. The van der Waals surface area contributed by atoms with E-state index >= 15 is 0 Å². The highest BCUT2D eigenvalue weighted by atomic mass is 32.2. The Morgan fingerprint density at radius 3 is 2.52 bits per heavy atom. The van der Waals surface area contributed by atoms with Gasteiger partial charge in [0.25, 0.3) is 0 Å². The van der Waals surface area contributed by atoms with E-state index in [1.54, 1.807) is 4.68 Å². The van der Waals surface area contributed by atoms with Gasteiger partial charge in [0.2, 0.25) is 5.91 Å². The van der Waals surface area contributed by atoms with Crippen molar-refractivity contribution in [2.75, 3.05) is 5.75 Å². The van der Waals surface area contributed by atoms with Crippen molar-refractivity contribution < 1.29 is 4.79 Å². The number of aryl methyl sites for hydroxylation is 2. The van der Waals surface area contributed by atoms with Gasteiger partial charge in [-0.05, 0) is 12.5 Å². The molecule has 1 N–H and O–H groups in total. The van der Waals surface area contributed by atoms with Crippen LogP contribution in [0.5, 0.6) is 0 Å². The van der Waals surface area contributed by atoms with Crippen molar-refractivity contribution in [2.45, 2.75) is 18.6 Å². The van der Waals surface area contributed by atoms with Gasteiger partial charge in [-0.3, -0.25) is 9.48 Å². The average Bonchev–Trinajstić information content (AvgIpc) is 3.34. The molecule has 0 saturated carbocycles. The van der Waals surface area contributed by atoms with E-state index in [2.05, 4.69) is 51.8 Å². The zero-order valence-electron chi connectivity index (χ0n) is 17.7. The number of hydrogen-bond donors (Lipinski definition) is 1. The van der Waals surface area contributed by atoms with E-state index in [0.717, 1.165) is 28.2 Å². The molecule has 0 unspecified atom stereocenters. The second-order valence-corrected chi connectivity index (χ2v) is 8.29. The third-order valence-corrected chi connectivity index (χ3v) is 5.91. The van der Waals surface area contributed by atoms with Crippen LogP contribution >= 0.6 is 11.8 Å². The number of carbonyl (C=O) groups excluding carboxylic acids is 1. The molecule has 0 aliphatic heterocycles. The molecule has 0 radical (unpaired) electrons. The maximum absolute atomic E-state index is 12.2.